The molecule has 0 spiro atoms. The van der Waals surface area contributed by atoms with E-state index in [2.05, 4.69) is 67.7 Å². The SMILES string of the molecule is C[SiH](C)OC(C[C@H](O)C1(C(=O)OC(C)(C)C)CC(C(C)(C)C)CN1O[SiH](C)C)C(C)(C)C. The number of rotatable bonds is 8. The number of hydrogen-bond donors (Lipinski definition) is 1. The van der Waals surface area contributed by atoms with Crippen LogP contribution in [0.5, 0.6) is 0 Å². The number of ether oxygens (including phenoxy) is 1. The molecule has 4 atom stereocenters. The zero-order valence-corrected chi connectivity index (χ0v) is 25.3. The second kappa shape index (κ2) is 10.6. The van der Waals surface area contributed by atoms with Gasteiger partial charge in [-0.1, -0.05) is 41.5 Å². The molecule has 0 aromatic heterocycles. The Balaban J connectivity index is 3.51. The Morgan fingerprint density at radius 1 is 1.03 bits per heavy atom. The van der Waals surface area contributed by atoms with Crippen molar-refractivity contribution in [2.75, 3.05) is 6.54 Å². The first kappa shape index (κ1) is 29.8. The van der Waals surface area contributed by atoms with E-state index in [1.807, 2.05) is 20.8 Å². The summed E-state index contributed by atoms with van der Waals surface area (Å²) in [6, 6.07) is 0. The first-order valence-corrected chi connectivity index (χ1v) is 17.8. The number of aliphatic hydroxyl groups is 1. The summed E-state index contributed by atoms with van der Waals surface area (Å²) in [5.74, 6) is -0.209. The van der Waals surface area contributed by atoms with Gasteiger partial charge in [0.25, 0.3) is 0 Å². The molecule has 1 heterocycles. The zero-order valence-electron chi connectivity index (χ0n) is 23.0. The van der Waals surface area contributed by atoms with Crippen molar-refractivity contribution in [2.45, 2.75) is 125 Å². The average molecular weight is 490 g/mol. The summed E-state index contributed by atoms with van der Waals surface area (Å²) in [7, 11) is -2.88. The van der Waals surface area contributed by atoms with Gasteiger partial charge < -0.3 is 18.8 Å². The van der Waals surface area contributed by atoms with Crippen LogP contribution in [0.15, 0.2) is 0 Å². The van der Waals surface area contributed by atoms with Gasteiger partial charge in [-0.25, -0.2) is 4.79 Å². The molecule has 190 valence electrons. The number of aliphatic hydroxyl groups excluding tert-OH is 1. The molecule has 1 aliphatic rings. The molecule has 0 amide bonds. The number of carbonyl (C=O) groups is 1. The molecule has 32 heavy (non-hydrogen) atoms. The molecule has 8 heteroatoms. The Bertz CT molecular complexity index is 621. The lowest BCUT2D eigenvalue weighted by molar-refractivity contribution is -0.210. The van der Waals surface area contributed by atoms with Crippen molar-refractivity contribution in [2.24, 2.45) is 16.7 Å². The lowest BCUT2D eigenvalue weighted by Gasteiger charge is -2.44. The van der Waals surface area contributed by atoms with Crippen LogP contribution in [0.1, 0.15) is 75.2 Å². The van der Waals surface area contributed by atoms with E-state index in [0.717, 1.165) is 0 Å². The van der Waals surface area contributed by atoms with Crippen molar-refractivity contribution in [1.29, 1.82) is 0 Å². The van der Waals surface area contributed by atoms with E-state index in [1.165, 1.54) is 0 Å². The molecule has 0 bridgehead atoms. The first-order chi connectivity index (χ1) is 14.2. The monoisotopic (exact) mass is 489 g/mol. The number of esters is 1. The number of hydrogen-bond acceptors (Lipinski definition) is 6. The molecular weight excluding hydrogens is 438 g/mol. The van der Waals surface area contributed by atoms with Gasteiger partial charge in [-0.05, 0) is 70.1 Å². The fraction of sp³-hybridized carbons (Fsp3) is 0.958. The molecule has 3 unspecified atom stereocenters. The quantitative estimate of drug-likeness (QED) is 0.399. The van der Waals surface area contributed by atoms with Crippen LogP contribution in [0.3, 0.4) is 0 Å². The number of nitrogens with zero attached hydrogens (tertiary/aromatic N) is 1. The molecule has 0 radical (unpaired) electrons. The van der Waals surface area contributed by atoms with Gasteiger partial charge in [0.15, 0.2) is 23.6 Å². The Kier molecular flexibility index (Phi) is 9.83. The Morgan fingerprint density at radius 2 is 1.56 bits per heavy atom. The van der Waals surface area contributed by atoms with Gasteiger partial charge in [-0.2, -0.15) is 5.06 Å². The van der Waals surface area contributed by atoms with Crippen molar-refractivity contribution in [3.8, 4) is 0 Å². The topological polar surface area (TPSA) is 68.2 Å². The van der Waals surface area contributed by atoms with E-state index < -0.39 is 41.3 Å². The molecule has 0 aromatic carbocycles. The molecule has 0 saturated carbocycles. The highest BCUT2D eigenvalue weighted by Crippen LogP contribution is 2.47. The maximum atomic E-state index is 13.8. The van der Waals surface area contributed by atoms with Crippen LogP contribution in [-0.4, -0.2) is 64.1 Å². The highest BCUT2D eigenvalue weighted by molar-refractivity contribution is 6.48. The maximum Gasteiger partial charge on any atom is 0.332 e. The van der Waals surface area contributed by atoms with Gasteiger partial charge >= 0.3 is 5.97 Å². The second-order valence-electron chi connectivity index (χ2n) is 13.2. The molecule has 1 fully saturated rings. The van der Waals surface area contributed by atoms with E-state index in [9.17, 15) is 9.90 Å². The van der Waals surface area contributed by atoms with Gasteiger partial charge in [0.2, 0.25) is 0 Å². The highest BCUT2D eigenvalue weighted by atomic mass is 28.3. The summed E-state index contributed by atoms with van der Waals surface area (Å²) < 4.78 is 18.6. The summed E-state index contributed by atoms with van der Waals surface area (Å²) in [6.45, 7) is 27.6. The summed E-state index contributed by atoms with van der Waals surface area (Å²) in [6.07, 6.45) is -0.252. The summed E-state index contributed by atoms with van der Waals surface area (Å²) in [5, 5.41) is 13.6. The average Bonchev–Trinajstić information content (AvgIpc) is 2.91. The van der Waals surface area contributed by atoms with Crippen molar-refractivity contribution in [3.63, 3.8) is 0 Å². The second-order valence-corrected chi connectivity index (χ2v) is 17.9. The first-order valence-electron chi connectivity index (χ1n) is 12.2. The van der Waals surface area contributed by atoms with Crippen LogP contribution in [0, 0.1) is 16.7 Å². The summed E-state index contributed by atoms with van der Waals surface area (Å²) in [4.78, 5) is 13.8. The zero-order chi connectivity index (χ0) is 25.3. The van der Waals surface area contributed by atoms with Gasteiger partial charge in [-0.3, -0.25) is 0 Å². The minimum Gasteiger partial charge on any atom is -0.458 e. The molecule has 0 aromatic rings. The highest BCUT2D eigenvalue weighted by Gasteiger charge is 2.61. The van der Waals surface area contributed by atoms with Crippen LogP contribution in [-0.2, 0) is 18.5 Å². The van der Waals surface area contributed by atoms with Crippen molar-refractivity contribution < 1.29 is 23.6 Å². The fourth-order valence-corrected chi connectivity index (χ4v) is 6.17. The van der Waals surface area contributed by atoms with Crippen molar-refractivity contribution >= 4 is 24.0 Å². The van der Waals surface area contributed by atoms with Crippen LogP contribution >= 0.6 is 0 Å². The normalized spacial score (nSPS) is 25.4. The smallest absolute Gasteiger partial charge is 0.332 e. The minimum atomic E-state index is -1.53. The van der Waals surface area contributed by atoms with Crippen LogP contribution < -0.4 is 0 Å². The standard InChI is InChI=1S/C24H51NO5Si2/c1-21(2,3)17-15-24(20(27)28-23(7,8)9,25(16-17)30-32(12)13)18(26)14-19(22(4,5)6)29-31(10)11/h17-19,26,31-32H,14-16H2,1-13H3/t17?,18-,19?,24?/m0/s1. The lowest BCUT2D eigenvalue weighted by Crippen LogP contribution is -2.62. The van der Waals surface area contributed by atoms with Crippen molar-refractivity contribution in [3.05, 3.63) is 0 Å². The van der Waals surface area contributed by atoms with Crippen LogP contribution in [0.2, 0.25) is 26.2 Å². The van der Waals surface area contributed by atoms with Crippen LogP contribution in [0.4, 0.5) is 0 Å². The Hall–Kier alpha value is -0.256. The molecule has 1 aliphatic heterocycles. The molecule has 1 rings (SSSR count). The summed E-state index contributed by atoms with van der Waals surface area (Å²) >= 11 is 0. The minimum absolute atomic E-state index is 0.0333. The van der Waals surface area contributed by atoms with Gasteiger partial charge in [0.1, 0.15) is 5.60 Å². The Morgan fingerprint density at radius 3 is 1.94 bits per heavy atom. The third-order valence-corrected chi connectivity index (χ3v) is 7.64. The van der Waals surface area contributed by atoms with Gasteiger partial charge in [0.05, 0.1) is 12.2 Å². The third kappa shape index (κ3) is 7.91. The number of hydroxylamine groups is 2. The van der Waals surface area contributed by atoms with Crippen molar-refractivity contribution in [1.82, 2.24) is 5.06 Å². The molecule has 1 saturated heterocycles. The van der Waals surface area contributed by atoms with Crippen LogP contribution in [0.25, 0.3) is 0 Å². The lowest BCUT2D eigenvalue weighted by atomic mass is 9.74. The van der Waals surface area contributed by atoms with E-state index in [1.54, 1.807) is 5.06 Å². The third-order valence-electron chi connectivity index (χ3n) is 6.09. The Labute approximate surface area is 200 Å². The fourth-order valence-electron chi connectivity index (χ4n) is 4.21. The molecule has 0 aliphatic carbocycles. The van der Waals surface area contributed by atoms with Gasteiger partial charge in [-0.15, -0.1) is 0 Å². The number of carbonyl (C=O) groups excluding carboxylic acids is 1. The molecule has 1 N–H and O–H groups in total. The predicted molar refractivity (Wildman–Crippen MR) is 137 cm³/mol. The van der Waals surface area contributed by atoms with E-state index in [4.69, 9.17) is 13.7 Å². The maximum absolute atomic E-state index is 13.8. The van der Waals surface area contributed by atoms with E-state index in [-0.39, 0.29) is 22.9 Å². The van der Waals surface area contributed by atoms with Gasteiger partial charge in [0, 0.05) is 13.0 Å². The largest absolute Gasteiger partial charge is 0.458 e. The molecule has 6 nitrogen and oxygen atoms in total. The predicted octanol–water partition coefficient (Wildman–Crippen LogP) is 4.52. The van der Waals surface area contributed by atoms with E-state index in [0.29, 0.717) is 19.4 Å². The summed E-state index contributed by atoms with van der Waals surface area (Å²) in [5.41, 5.74) is -2.09. The van der Waals surface area contributed by atoms with E-state index >= 15 is 0 Å². The molecular formula is C24H51NO5Si2.